The average molecular weight is 238 g/mol. The van der Waals surface area contributed by atoms with Gasteiger partial charge < -0.3 is 0 Å². The number of rotatable bonds is 1. The van der Waals surface area contributed by atoms with E-state index in [0.717, 1.165) is 6.07 Å². The minimum Gasteiger partial charge on any atom is -0.237 e. The fraction of sp³-hybridized carbons (Fsp3) is 0.167. The van der Waals surface area contributed by atoms with Gasteiger partial charge >= 0.3 is 6.18 Å². The van der Waals surface area contributed by atoms with Crippen molar-refractivity contribution in [2.45, 2.75) is 13.1 Å². The smallest absolute Gasteiger partial charge is 0.237 e. The topological polar surface area (TPSA) is 25.8 Å². The molecule has 0 aliphatic rings. The lowest BCUT2D eigenvalue weighted by Gasteiger charge is -2.12. The highest BCUT2D eigenvalue weighted by Gasteiger charge is 2.34. The Labute approximate surface area is 96.2 Å². The fourth-order valence-electron chi connectivity index (χ4n) is 1.53. The molecule has 1 heterocycles. The molecule has 2 aromatic rings. The van der Waals surface area contributed by atoms with Crippen molar-refractivity contribution in [3.05, 3.63) is 47.8 Å². The predicted molar refractivity (Wildman–Crippen MR) is 57.2 cm³/mol. The largest absolute Gasteiger partial charge is 0.417 e. The Balaban J connectivity index is 2.63. The van der Waals surface area contributed by atoms with E-state index in [1.807, 2.05) is 0 Å². The van der Waals surface area contributed by atoms with E-state index in [2.05, 4.69) is 9.97 Å². The van der Waals surface area contributed by atoms with E-state index in [1.165, 1.54) is 18.5 Å². The quantitative estimate of drug-likeness (QED) is 0.760. The summed E-state index contributed by atoms with van der Waals surface area (Å²) in [4.78, 5) is 7.68. The van der Waals surface area contributed by atoms with Gasteiger partial charge in [-0.3, -0.25) is 0 Å². The van der Waals surface area contributed by atoms with Gasteiger partial charge in [-0.25, -0.2) is 9.97 Å². The van der Waals surface area contributed by atoms with E-state index < -0.39 is 11.7 Å². The van der Waals surface area contributed by atoms with Gasteiger partial charge in [0.15, 0.2) is 5.82 Å². The fourth-order valence-corrected chi connectivity index (χ4v) is 1.53. The first kappa shape index (κ1) is 11.6. The summed E-state index contributed by atoms with van der Waals surface area (Å²) in [6, 6.07) is 5.67. The maximum absolute atomic E-state index is 12.9. The summed E-state index contributed by atoms with van der Waals surface area (Å²) in [6.45, 7) is 1.62. The Hall–Kier alpha value is -1.91. The number of aromatic nitrogens is 2. The van der Waals surface area contributed by atoms with Gasteiger partial charge in [0.1, 0.15) is 0 Å². The van der Waals surface area contributed by atoms with Crippen LogP contribution in [0.5, 0.6) is 0 Å². The number of nitrogens with zero attached hydrogens (tertiary/aromatic N) is 2. The van der Waals surface area contributed by atoms with Crippen molar-refractivity contribution in [2.24, 2.45) is 0 Å². The zero-order valence-corrected chi connectivity index (χ0v) is 8.99. The number of halogens is 3. The van der Waals surface area contributed by atoms with E-state index in [0.29, 0.717) is 5.56 Å². The van der Waals surface area contributed by atoms with Gasteiger partial charge in [-0.1, -0.05) is 17.7 Å². The minimum absolute atomic E-state index is 0.00343. The van der Waals surface area contributed by atoms with Crippen LogP contribution in [0.3, 0.4) is 0 Å². The second-order valence-electron chi connectivity index (χ2n) is 3.62. The molecular weight excluding hydrogens is 229 g/mol. The van der Waals surface area contributed by atoms with Gasteiger partial charge in [-0.05, 0) is 19.1 Å². The molecule has 0 aliphatic carbocycles. The number of hydrogen-bond donors (Lipinski definition) is 0. The third kappa shape index (κ3) is 2.43. The third-order valence-electron chi connectivity index (χ3n) is 2.29. The summed E-state index contributed by atoms with van der Waals surface area (Å²) in [7, 11) is 0. The van der Waals surface area contributed by atoms with Crippen LogP contribution < -0.4 is 0 Å². The second-order valence-corrected chi connectivity index (χ2v) is 3.62. The van der Waals surface area contributed by atoms with E-state index in [9.17, 15) is 13.2 Å². The molecule has 0 bridgehead atoms. The summed E-state index contributed by atoms with van der Waals surface area (Å²) in [5, 5.41) is 0. The Morgan fingerprint density at radius 3 is 2.29 bits per heavy atom. The lowest BCUT2D eigenvalue weighted by atomic mass is 10.0. The second kappa shape index (κ2) is 4.16. The minimum atomic E-state index is -4.40. The lowest BCUT2D eigenvalue weighted by Crippen LogP contribution is -2.08. The monoisotopic (exact) mass is 238 g/mol. The standard InChI is InChI=1S/C12H9F3N2/c1-8-3-4-9(10(7-8)12(13,14)15)11-16-5-2-6-17-11/h2-7H,1H3. The zero-order chi connectivity index (χ0) is 12.5. The summed E-state index contributed by atoms with van der Waals surface area (Å²) < 4.78 is 38.6. The van der Waals surface area contributed by atoms with Crippen LogP contribution in [0.25, 0.3) is 11.4 Å². The maximum Gasteiger partial charge on any atom is 0.417 e. The van der Waals surface area contributed by atoms with Crippen LogP contribution in [-0.2, 0) is 6.18 Å². The molecule has 0 unspecified atom stereocenters. The third-order valence-corrected chi connectivity index (χ3v) is 2.29. The van der Waals surface area contributed by atoms with Gasteiger partial charge in [-0.15, -0.1) is 0 Å². The molecule has 0 aliphatic heterocycles. The van der Waals surface area contributed by atoms with Crippen LogP contribution in [0, 0.1) is 6.92 Å². The number of benzene rings is 1. The molecule has 88 valence electrons. The maximum atomic E-state index is 12.9. The summed E-state index contributed by atoms with van der Waals surface area (Å²) in [5.74, 6) is 0.0832. The van der Waals surface area contributed by atoms with Crippen molar-refractivity contribution >= 4 is 0 Å². The molecule has 5 heteroatoms. The highest BCUT2D eigenvalue weighted by Crippen LogP contribution is 2.36. The lowest BCUT2D eigenvalue weighted by molar-refractivity contribution is -0.137. The molecule has 1 aromatic heterocycles. The number of hydrogen-bond acceptors (Lipinski definition) is 2. The Kier molecular flexibility index (Phi) is 2.83. The number of aryl methyl sites for hydroxylation is 1. The molecule has 2 nitrogen and oxygen atoms in total. The molecule has 0 fully saturated rings. The van der Waals surface area contributed by atoms with E-state index in [4.69, 9.17) is 0 Å². The van der Waals surface area contributed by atoms with Crippen molar-refractivity contribution in [1.29, 1.82) is 0 Å². The van der Waals surface area contributed by atoms with Gasteiger partial charge in [0.2, 0.25) is 0 Å². The average Bonchev–Trinajstić information content (AvgIpc) is 2.29. The zero-order valence-electron chi connectivity index (χ0n) is 8.99. The Morgan fingerprint density at radius 2 is 1.71 bits per heavy atom. The van der Waals surface area contributed by atoms with Gasteiger partial charge in [-0.2, -0.15) is 13.2 Å². The van der Waals surface area contributed by atoms with Crippen molar-refractivity contribution in [3.8, 4) is 11.4 Å². The first-order chi connectivity index (χ1) is 7.98. The van der Waals surface area contributed by atoms with Crippen molar-refractivity contribution in [2.75, 3.05) is 0 Å². The van der Waals surface area contributed by atoms with E-state index >= 15 is 0 Å². The SMILES string of the molecule is Cc1ccc(-c2ncccn2)c(C(F)(F)F)c1. The highest BCUT2D eigenvalue weighted by molar-refractivity contribution is 5.61. The first-order valence-corrected chi connectivity index (χ1v) is 4.94. The molecule has 0 saturated carbocycles. The van der Waals surface area contributed by atoms with Crippen LogP contribution >= 0.6 is 0 Å². The first-order valence-electron chi connectivity index (χ1n) is 4.94. The summed E-state index contributed by atoms with van der Waals surface area (Å²) in [6.07, 6.45) is -1.56. The van der Waals surface area contributed by atoms with Gasteiger partial charge in [0, 0.05) is 18.0 Å². The van der Waals surface area contributed by atoms with E-state index in [-0.39, 0.29) is 11.4 Å². The van der Waals surface area contributed by atoms with Crippen molar-refractivity contribution in [3.63, 3.8) is 0 Å². The Bertz CT molecular complexity index is 521. The van der Waals surface area contributed by atoms with Crippen molar-refractivity contribution < 1.29 is 13.2 Å². The molecule has 0 saturated heterocycles. The molecule has 2 rings (SSSR count). The van der Waals surface area contributed by atoms with Crippen LogP contribution in [0.15, 0.2) is 36.7 Å². The normalized spacial score (nSPS) is 11.5. The van der Waals surface area contributed by atoms with Crippen LogP contribution in [0.4, 0.5) is 13.2 Å². The number of alkyl halides is 3. The summed E-state index contributed by atoms with van der Waals surface area (Å²) >= 11 is 0. The van der Waals surface area contributed by atoms with Crippen LogP contribution in [-0.4, -0.2) is 9.97 Å². The van der Waals surface area contributed by atoms with E-state index in [1.54, 1.807) is 19.1 Å². The predicted octanol–water partition coefficient (Wildman–Crippen LogP) is 3.47. The highest BCUT2D eigenvalue weighted by atomic mass is 19.4. The van der Waals surface area contributed by atoms with Crippen molar-refractivity contribution in [1.82, 2.24) is 9.97 Å². The Morgan fingerprint density at radius 1 is 1.06 bits per heavy atom. The molecule has 0 atom stereocenters. The van der Waals surface area contributed by atoms with Gasteiger partial charge in [0.05, 0.1) is 5.56 Å². The molecule has 0 amide bonds. The van der Waals surface area contributed by atoms with Gasteiger partial charge in [0.25, 0.3) is 0 Å². The molecule has 0 radical (unpaired) electrons. The van der Waals surface area contributed by atoms with Crippen LogP contribution in [0.2, 0.25) is 0 Å². The summed E-state index contributed by atoms with van der Waals surface area (Å²) in [5.41, 5.74) is -0.149. The molecular formula is C12H9F3N2. The molecule has 1 aromatic carbocycles. The molecule has 0 N–H and O–H groups in total. The van der Waals surface area contributed by atoms with Crippen LogP contribution in [0.1, 0.15) is 11.1 Å². The molecule has 17 heavy (non-hydrogen) atoms. The molecule has 0 spiro atoms.